The summed E-state index contributed by atoms with van der Waals surface area (Å²) in [5, 5.41) is 56.8. The molecule has 2 atom stereocenters. The lowest BCUT2D eigenvalue weighted by Gasteiger charge is -2.21. The average Bonchev–Trinajstić information content (AvgIpc) is 3.32. The summed E-state index contributed by atoms with van der Waals surface area (Å²) in [5.41, 5.74) is 7.56. The van der Waals surface area contributed by atoms with Crippen LogP contribution in [0.1, 0.15) is 77.6 Å². The van der Waals surface area contributed by atoms with E-state index >= 15 is 0 Å². The molecular weight excluding hydrogens is 897 g/mol. The number of aryl methyl sites for hydroxylation is 4. The molecule has 354 valence electrons. The number of rotatable bonds is 4. The normalized spacial score (nSPS) is 16.1. The minimum Gasteiger partial charge on any atom is -0.503 e. The first-order valence-corrected chi connectivity index (χ1v) is 22.7. The van der Waals surface area contributed by atoms with E-state index in [0.717, 1.165) is 89.7 Å². The first-order chi connectivity index (χ1) is 33.1. The Morgan fingerprint density at radius 2 is 1.04 bits per heavy atom. The van der Waals surface area contributed by atoms with Crippen molar-refractivity contribution in [2.45, 2.75) is 97.2 Å². The largest absolute Gasteiger partial charge is 0.503 e. The first-order valence-electron chi connectivity index (χ1n) is 22.7. The summed E-state index contributed by atoms with van der Waals surface area (Å²) in [6.07, 6.45) is 8.43. The molecule has 0 aliphatic heterocycles. The molecule has 2 aliphatic carbocycles. The minimum atomic E-state index is -1.31. The molecule has 69 heavy (non-hydrogen) atoms. The molecule has 0 saturated carbocycles. The molecule has 2 aliphatic rings. The number of nitrogens with zero attached hydrogens (tertiary/aromatic N) is 4. The second-order valence-electron chi connectivity index (χ2n) is 17.7. The fraction of sp³-hybridized carbons (Fsp3) is 0.283. The van der Waals surface area contributed by atoms with Gasteiger partial charge in [-0.1, -0.05) is 36.4 Å². The van der Waals surface area contributed by atoms with Crippen molar-refractivity contribution in [3.8, 4) is 56.3 Å². The van der Waals surface area contributed by atoms with Crippen LogP contribution >= 0.6 is 0 Å². The number of phenolic OH excluding ortho intramolecular Hbond substituents is 2. The predicted molar refractivity (Wildman–Crippen MR) is 250 cm³/mol. The highest BCUT2D eigenvalue weighted by Crippen LogP contribution is 2.38. The highest BCUT2D eigenvalue weighted by Gasteiger charge is 2.25. The van der Waals surface area contributed by atoms with Gasteiger partial charge in [0.05, 0.1) is 46.6 Å². The molecule has 0 amide bonds. The van der Waals surface area contributed by atoms with Gasteiger partial charge in [0.15, 0.2) is 34.3 Å². The van der Waals surface area contributed by atoms with Crippen LogP contribution in [0, 0.1) is 44.0 Å². The lowest BCUT2D eigenvalue weighted by atomic mass is 9.88. The molecule has 0 fully saturated rings. The molecule has 0 radical (unpaired) electrons. The number of phenols is 2. The average molecular weight is 943 g/mol. The van der Waals surface area contributed by atoms with Crippen LogP contribution in [0.15, 0.2) is 85.3 Å². The van der Waals surface area contributed by atoms with E-state index in [1.807, 2.05) is 19.1 Å². The molecule has 12 nitrogen and oxygen atoms in total. The lowest BCUT2D eigenvalue weighted by Crippen LogP contribution is -2.15. The molecule has 2 unspecified atom stereocenters. The molecule has 0 saturated heterocycles. The van der Waals surface area contributed by atoms with E-state index in [1.165, 1.54) is 0 Å². The lowest BCUT2D eigenvalue weighted by molar-refractivity contribution is 0.150. The van der Waals surface area contributed by atoms with E-state index < -0.39 is 57.2 Å². The summed E-state index contributed by atoms with van der Waals surface area (Å²) in [4.78, 5) is 25.7. The Morgan fingerprint density at radius 3 is 1.58 bits per heavy atom. The van der Waals surface area contributed by atoms with Crippen LogP contribution in [-0.4, -0.2) is 53.0 Å². The van der Waals surface area contributed by atoms with Gasteiger partial charge in [-0.2, -0.15) is 24.1 Å². The molecule has 10 rings (SSSR count). The third kappa shape index (κ3) is 8.85. The van der Waals surface area contributed by atoms with Gasteiger partial charge in [0.2, 0.25) is 11.6 Å². The molecule has 4 heterocycles. The van der Waals surface area contributed by atoms with Crippen molar-refractivity contribution in [2.75, 3.05) is 0 Å². The Labute approximate surface area is 391 Å². The van der Waals surface area contributed by atoms with Gasteiger partial charge in [0, 0.05) is 21.9 Å². The monoisotopic (exact) mass is 942 g/mol. The second kappa shape index (κ2) is 19.0. The molecular formula is C53H46F4N4O8. The van der Waals surface area contributed by atoms with Crippen LogP contribution in [-0.2, 0) is 25.7 Å². The third-order valence-electron chi connectivity index (χ3n) is 13.3. The van der Waals surface area contributed by atoms with E-state index in [0.29, 0.717) is 59.3 Å². The zero-order chi connectivity index (χ0) is 48.8. The maximum Gasteiger partial charge on any atom is 0.344 e. The van der Waals surface area contributed by atoms with E-state index in [2.05, 4.69) is 20.4 Å². The zero-order valence-corrected chi connectivity index (χ0v) is 37.8. The van der Waals surface area contributed by atoms with Crippen molar-refractivity contribution in [3.63, 3.8) is 0 Å². The van der Waals surface area contributed by atoms with Gasteiger partial charge in [0.25, 0.3) is 0 Å². The van der Waals surface area contributed by atoms with Gasteiger partial charge >= 0.3 is 11.3 Å². The number of aliphatic hydroxyl groups excluding tert-OH is 2. The first kappa shape index (κ1) is 46.8. The standard InChI is InChI=1S/C27H24F2N2O4.C26H22F2N2O4/c1-13-20-12-21(28)25(33)23(29)26(20)35-27(34)22(13)15-5-3-6-16(11-15)24-19-8-4-7-17(32)9-10-18(19)14(2)30-31-24;1-13-19-11-20(27)24(32)22(28)25(19)34-26(33)21(13)14-4-2-5-15(10-14)23-18-7-3-6-17(31)9-8-16(18)12-29-30-23/h3,5-6,11-12,17,32-33H,4,7-10H2,1-2H3;2,4-5,10-12,17,31-32H,3,6-9H2,1H3. The third-order valence-corrected chi connectivity index (χ3v) is 13.3. The maximum atomic E-state index is 14.4. The van der Waals surface area contributed by atoms with Gasteiger partial charge in [-0.15, -0.1) is 5.10 Å². The van der Waals surface area contributed by atoms with Gasteiger partial charge in [-0.3, -0.25) is 0 Å². The second-order valence-corrected chi connectivity index (χ2v) is 17.7. The highest BCUT2D eigenvalue weighted by molar-refractivity contribution is 5.90. The van der Waals surface area contributed by atoms with Crippen molar-refractivity contribution in [3.05, 3.63) is 150 Å². The Kier molecular flexibility index (Phi) is 12.9. The summed E-state index contributed by atoms with van der Waals surface area (Å²) in [6, 6.07) is 16.3. The van der Waals surface area contributed by atoms with E-state index in [-0.39, 0.29) is 34.1 Å². The van der Waals surface area contributed by atoms with E-state index in [4.69, 9.17) is 8.83 Å². The summed E-state index contributed by atoms with van der Waals surface area (Å²) in [6.45, 7) is 5.09. The van der Waals surface area contributed by atoms with Crippen molar-refractivity contribution in [2.24, 2.45) is 0 Å². The van der Waals surface area contributed by atoms with Crippen LogP contribution in [0.5, 0.6) is 11.5 Å². The summed E-state index contributed by atoms with van der Waals surface area (Å²) in [7, 11) is 0. The Balaban J connectivity index is 0.000000172. The molecule has 4 aromatic carbocycles. The molecule has 0 spiro atoms. The van der Waals surface area contributed by atoms with E-state index in [9.17, 15) is 47.6 Å². The van der Waals surface area contributed by atoms with Crippen LogP contribution in [0.4, 0.5) is 17.6 Å². The predicted octanol–water partition coefficient (Wildman–Crippen LogP) is 9.99. The minimum absolute atomic E-state index is 0.0657. The highest BCUT2D eigenvalue weighted by atomic mass is 19.1. The van der Waals surface area contributed by atoms with Crippen molar-refractivity contribution >= 4 is 21.9 Å². The number of aromatic hydroxyl groups is 2. The quantitative estimate of drug-likeness (QED) is 0.0966. The van der Waals surface area contributed by atoms with Crippen LogP contribution in [0.3, 0.4) is 0 Å². The summed E-state index contributed by atoms with van der Waals surface area (Å²) in [5.74, 6) is -7.25. The number of aromatic nitrogens is 4. The van der Waals surface area contributed by atoms with E-state index in [1.54, 1.807) is 56.4 Å². The SMILES string of the molecule is Cc1c(-c2cccc(-c3nncc4c3CCCC(O)CC4)c2)c(=O)oc2c(F)c(O)c(F)cc12.Cc1nnc(-c2cccc(-c3c(C)c4cc(F)c(O)c(F)c4oc3=O)c2)c2c1CCC(O)CCC2. The number of halogens is 4. The topological polar surface area (TPSA) is 193 Å². The molecule has 8 aromatic rings. The van der Waals surface area contributed by atoms with Crippen LogP contribution in [0.2, 0.25) is 0 Å². The summed E-state index contributed by atoms with van der Waals surface area (Å²) >= 11 is 0. The number of hydrogen-bond donors (Lipinski definition) is 4. The van der Waals surface area contributed by atoms with Crippen LogP contribution < -0.4 is 11.3 Å². The van der Waals surface area contributed by atoms with Gasteiger partial charge < -0.3 is 29.3 Å². The number of hydrogen-bond acceptors (Lipinski definition) is 12. The van der Waals surface area contributed by atoms with Crippen molar-refractivity contribution < 1.29 is 46.8 Å². The maximum absolute atomic E-state index is 14.4. The number of fused-ring (bicyclic) bond motifs is 4. The smallest absolute Gasteiger partial charge is 0.344 e. The Hall–Kier alpha value is -7.30. The fourth-order valence-electron chi connectivity index (χ4n) is 9.68. The van der Waals surface area contributed by atoms with Gasteiger partial charge in [-0.25, -0.2) is 18.4 Å². The van der Waals surface area contributed by atoms with Gasteiger partial charge in [-0.05, 0) is 154 Å². The fourth-order valence-corrected chi connectivity index (χ4v) is 9.68. The summed E-state index contributed by atoms with van der Waals surface area (Å²) < 4.78 is 67.1. The molecule has 16 heteroatoms. The van der Waals surface area contributed by atoms with Crippen molar-refractivity contribution in [1.82, 2.24) is 20.4 Å². The molecule has 0 bridgehead atoms. The Morgan fingerprint density at radius 1 is 0.565 bits per heavy atom. The zero-order valence-electron chi connectivity index (χ0n) is 37.8. The Bertz CT molecular complexity index is 3470. The van der Waals surface area contributed by atoms with Crippen molar-refractivity contribution in [1.29, 1.82) is 0 Å². The van der Waals surface area contributed by atoms with Crippen LogP contribution in [0.25, 0.3) is 66.7 Å². The molecule has 4 aromatic heterocycles. The number of benzene rings is 4. The molecule has 4 N–H and O–H groups in total. The number of aliphatic hydroxyl groups is 2. The van der Waals surface area contributed by atoms with Gasteiger partial charge in [0.1, 0.15) is 0 Å².